The molecular weight excluding hydrogens is 212 g/mol. The summed E-state index contributed by atoms with van der Waals surface area (Å²) in [6.07, 6.45) is 6.12. The van der Waals surface area contributed by atoms with Crippen LogP contribution in [0.1, 0.15) is 19.8 Å². The molecule has 0 aromatic rings. The fourth-order valence-corrected chi connectivity index (χ4v) is 1.01. The molecule has 0 spiro atoms. The predicted molar refractivity (Wildman–Crippen MR) is 57.7 cm³/mol. The Morgan fingerprint density at radius 3 is 2.44 bits per heavy atom. The van der Waals surface area contributed by atoms with Crippen molar-refractivity contribution < 1.29 is 19.8 Å². The van der Waals surface area contributed by atoms with Crippen LogP contribution in [0.5, 0.6) is 0 Å². The van der Waals surface area contributed by atoms with Crippen LogP contribution in [-0.4, -0.2) is 40.9 Å². The quantitative estimate of drug-likeness (QED) is 0.462. The van der Waals surface area contributed by atoms with Crippen molar-refractivity contribution in [2.24, 2.45) is 0 Å². The van der Waals surface area contributed by atoms with Crippen LogP contribution in [0.2, 0.25) is 0 Å². The molecule has 2 unspecified atom stereocenters. The highest BCUT2D eigenvalue weighted by molar-refractivity contribution is 5.82. The van der Waals surface area contributed by atoms with Gasteiger partial charge in [-0.1, -0.05) is 6.92 Å². The zero-order valence-electron chi connectivity index (χ0n) is 9.06. The van der Waals surface area contributed by atoms with Gasteiger partial charge in [-0.25, -0.2) is 9.59 Å². The number of nitrogens with one attached hydrogen (secondary N) is 2. The van der Waals surface area contributed by atoms with Gasteiger partial charge in [-0.3, -0.25) is 0 Å². The summed E-state index contributed by atoms with van der Waals surface area (Å²) in [5, 5.41) is 21.9. The lowest BCUT2D eigenvalue weighted by Crippen LogP contribution is -2.50. The molecular formula is C10H16N2O4. The summed E-state index contributed by atoms with van der Waals surface area (Å²) in [5.74, 6) is 1.12. The monoisotopic (exact) mass is 228 g/mol. The van der Waals surface area contributed by atoms with Crippen LogP contribution in [0.4, 0.5) is 4.79 Å². The van der Waals surface area contributed by atoms with E-state index in [-0.39, 0.29) is 6.04 Å². The molecule has 0 aliphatic rings. The number of carbonyl (C=O) groups is 2. The molecule has 2 atom stereocenters. The number of terminal acetylenes is 1. The van der Waals surface area contributed by atoms with E-state index in [1.807, 2.05) is 6.92 Å². The summed E-state index contributed by atoms with van der Waals surface area (Å²) in [7, 11) is 0. The Morgan fingerprint density at radius 1 is 1.44 bits per heavy atom. The van der Waals surface area contributed by atoms with Crippen molar-refractivity contribution in [3.8, 4) is 12.3 Å². The number of rotatable bonds is 6. The summed E-state index contributed by atoms with van der Waals surface area (Å²) >= 11 is 0. The van der Waals surface area contributed by atoms with Gasteiger partial charge in [-0.15, -0.1) is 12.3 Å². The first-order valence-electron chi connectivity index (χ1n) is 4.89. The fraction of sp³-hybridized carbons (Fsp3) is 0.600. The van der Waals surface area contributed by atoms with E-state index in [1.165, 1.54) is 0 Å². The Morgan fingerprint density at radius 2 is 2.06 bits per heavy atom. The van der Waals surface area contributed by atoms with Gasteiger partial charge in [0, 0.05) is 12.5 Å². The van der Waals surface area contributed by atoms with Gasteiger partial charge in [-0.05, 0) is 6.42 Å². The second-order valence-corrected chi connectivity index (χ2v) is 3.20. The third-order valence-corrected chi connectivity index (χ3v) is 1.98. The summed E-state index contributed by atoms with van der Waals surface area (Å²) in [5.41, 5.74) is 0. The van der Waals surface area contributed by atoms with Crippen LogP contribution in [0.3, 0.4) is 0 Å². The Kier molecular flexibility index (Phi) is 6.72. The second-order valence-electron chi connectivity index (χ2n) is 3.20. The van der Waals surface area contributed by atoms with Gasteiger partial charge in [0.2, 0.25) is 0 Å². The Hall–Kier alpha value is -1.74. The van der Waals surface area contributed by atoms with Crippen molar-refractivity contribution in [2.45, 2.75) is 31.8 Å². The first-order chi connectivity index (χ1) is 7.54. The molecule has 0 aliphatic carbocycles. The Bertz CT molecular complexity index is 285. The number of carboxylic acids is 1. The van der Waals surface area contributed by atoms with Crippen LogP contribution in [0, 0.1) is 12.3 Å². The van der Waals surface area contributed by atoms with Gasteiger partial charge in [0.05, 0.1) is 6.61 Å². The highest BCUT2D eigenvalue weighted by Gasteiger charge is 2.19. The van der Waals surface area contributed by atoms with E-state index in [1.54, 1.807) is 0 Å². The van der Waals surface area contributed by atoms with Crippen molar-refractivity contribution in [3.63, 3.8) is 0 Å². The van der Waals surface area contributed by atoms with Crippen LogP contribution in [0.25, 0.3) is 0 Å². The standard InChI is InChI=1S/C10H16N2O4/c1-3-5-7(4-2)11-10(16)12-8(6-13)9(14)15/h1,7-8,13H,4-6H2,2H3,(H,14,15)(H2,11,12,16). The third-order valence-electron chi connectivity index (χ3n) is 1.98. The molecule has 0 heterocycles. The van der Waals surface area contributed by atoms with E-state index in [2.05, 4.69) is 16.6 Å². The smallest absolute Gasteiger partial charge is 0.328 e. The highest BCUT2D eigenvalue weighted by Crippen LogP contribution is 1.95. The SMILES string of the molecule is C#CCC(CC)NC(=O)NC(CO)C(=O)O. The molecule has 0 saturated heterocycles. The lowest BCUT2D eigenvalue weighted by Gasteiger charge is -2.17. The number of aliphatic carboxylic acids is 1. The molecule has 6 nitrogen and oxygen atoms in total. The molecule has 0 aromatic heterocycles. The molecule has 0 bridgehead atoms. The van der Waals surface area contributed by atoms with E-state index in [9.17, 15) is 9.59 Å². The minimum atomic E-state index is -1.30. The van der Waals surface area contributed by atoms with Crippen molar-refractivity contribution in [3.05, 3.63) is 0 Å². The molecule has 0 aromatic carbocycles. The zero-order valence-corrected chi connectivity index (χ0v) is 9.06. The third kappa shape index (κ3) is 5.22. The highest BCUT2D eigenvalue weighted by atomic mass is 16.4. The molecule has 2 amide bonds. The molecule has 0 aliphatic heterocycles. The number of urea groups is 1. The summed E-state index contributed by atoms with van der Waals surface area (Å²) < 4.78 is 0. The van der Waals surface area contributed by atoms with Crippen molar-refractivity contribution >= 4 is 12.0 Å². The first-order valence-corrected chi connectivity index (χ1v) is 4.89. The van der Waals surface area contributed by atoms with Gasteiger partial charge < -0.3 is 20.8 Å². The van der Waals surface area contributed by atoms with Crippen molar-refractivity contribution in [2.75, 3.05) is 6.61 Å². The van der Waals surface area contributed by atoms with E-state index in [4.69, 9.17) is 16.6 Å². The summed E-state index contributed by atoms with van der Waals surface area (Å²) in [4.78, 5) is 21.8. The number of aliphatic hydroxyl groups excluding tert-OH is 1. The van der Waals surface area contributed by atoms with Gasteiger partial charge in [0.25, 0.3) is 0 Å². The molecule has 4 N–H and O–H groups in total. The van der Waals surface area contributed by atoms with Crippen LogP contribution < -0.4 is 10.6 Å². The number of carboxylic acid groups (broad SMARTS) is 1. The van der Waals surface area contributed by atoms with Gasteiger partial charge in [0.15, 0.2) is 6.04 Å². The maximum absolute atomic E-state index is 11.3. The topological polar surface area (TPSA) is 98.7 Å². The number of hydrogen-bond acceptors (Lipinski definition) is 3. The van der Waals surface area contributed by atoms with Crippen LogP contribution in [0.15, 0.2) is 0 Å². The van der Waals surface area contributed by atoms with Crippen LogP contribution >= 0.6 is 0 Å². The minimum absolute atomic E-state index is 0.196. The molecule has 0 fully saturated rings. The maximum Gasteiger partial charge on any atom is 0.328 e. The molecule has 0 radical (unpaired) electrons. The Labute approximate surface area is 94.0 Å². The lowest BCUT2D eigenvalue weighted by molar-refractivity contribution is -0.140. The second kappa shape index (κ2) is 7.54. The van der Waals surface area contributed by atoms with Crippen molar-refractivity contribution in [1.82, 2.24) is 10.6 Å². The minimum Gasteiger partial charge on any atom is -0.480 e. The average molecular weight is 228 g/mol. The van der Waals surface area contributed by atoms with E-state index < -0.39 is 24.6 Å². The largest absolute Gasteiger partial charge is 0.480 e. The molecule has 0 rings (SSSR count). The van der Waals surface area contributed by atoms with Crippen LogP contribution in [-0.2, 0) is 4.79 Å². The van der Waals surface area contributed by atoms with E-state index in [0.717, 1.165) is 0 Å². The summed E-state index contributed by atoms with van der Waals surface area (Å²) in [6, 6.07) is -2.15. The first kappa shape index (κ1) is 14.3. The normalized spacial score (nSPS) is 13.3. The fourth-order valence-electron chi connectivity index (χ4n) is 1.01. The number of amides is 2. The number of hydrogen-bond donors (Lipinski definition) is 4. The molecule has 0 saturated carbocycles. The predicted octanol–water partition coefficient (Wildman–Crippen LogP) is -0.467. The molecule has 6 heteroatoms. The van der Waals surface area contributed by atoms with Gasteiger partial charge >= 0.3 is 12.0 Å². The van der Waals surface area contributed by atoms with Crippen molar-refractivity contribution in [1.29, 1.82) is 0 Å². The van der Waals surface area contributed by atoms with E-state index >= 15 is 0 Å². The van der Waals surface area contributed by atoms with Gasteiger partial charge in [-0.2, -0.15) is 0 Å². The molecule has 90 valence electrons. The van der Waals surface area contributed by atoms with E-state index in [0.29, 0.717) is 12.8 Å². The maximum atomic E-state index is 11.3. The Balaban J connectivity index is 4.15. The lowest BCUT2D eigenvalue weighted by atomic mass is 10.1. The zero-order chi connectivity index (χ0) is 12.6. The number of aliphatic hydroxyl groups is 1. The summed E-state index contributed by atoms with van der Waals surface area (Å²) in [6.45, 7) is 1.19. The van der Waals surface area contributed by atoms with Gasteiger partial charge in [0.1, 0.15) is 0 Å². The molecule has 16 heavy (non-hydrogen) atoms. The average Bonchev–Trinajstić information content (AvgIpc) is 2.24. The number of carbonyl (C=O) groups excluding carboxylic acids is 1.